The number of nitrogens with one attached hydrogen (secondary N) is 1. The van der Waals surface area contributed by atoms with Gasteiger partial charge >= 0.3 is 0 Å². The number of hydrogen-bond donors (Lipinski definition) is 2. The van der Waals surface area contributed by atoms with Crippen LogP contribution in [0.3, 0.4) is 0 Å². The number of hydrogen-bond acceptors (Lipinski definition) is 5. The summed E-state index contributed by atoms with van der Waals surface area (Å²) in [6.45, 7) is -0.0440. The fourth-order valence-corrected chi connectivity index (χ4v) is 2.62. The first-order chi connectivity index (χ1) is 10.3. The van der Waals surface area contributed by atoms with E-state index in [1.54, 1.807) is 29.6 Å². The lowest BCUT2D eigenvalue weighted by atomic mass is 10.2. The van der Waals surface area contributed by atoms with Crippen molar-refractivity contribution in [3.63, 3.8) is 0 Å². The second-order valence-corrected chi connectivity index (χ2v) is 5.06. The summed E-state index contributed by atoms with van der Waals surface area (Å²) in [4.78, 5) is 12.8. The van der Waals surface area contributed by atoms with E-state index in [4.69, 9.17) is 14.6 Å². The summed E-state index contributed by atoms with van der Waals surface area (Å²) < 4.78 is 10.5. The maximum absolute atomic E-state index is 12.3. The third-order valence-electron chi connectivity index (χ3n) is 2.80. The molecular weight excluding hydrogens is 290 g/mol. The third kappa shape index (κ3) is 2.84. The van der Waals surface area contributed by atoms with Crippen molar-refractivity contribution in [2.75, 3.05) is 18.7 Å². The molecule has 0 fully saturated rings. The molecule has 2 aromatic rings. The smallest absolute Gasteiger partial charge is 0.267 e. The SMILES string of the molecule is O=C(Nc1ccc2c(c1)OCO2)c1sccc1C#CCO. The molecule has 0 aliphatic carbocycles. The van der Waals surface area contributed by atoms with Crippen LogP contribution < -0.4 is 14.8 Å². The number of carbonyl (C=O) groups excluding carboxylic acids is 1. The van der Waals surface area contributed by atoms with E-state index in [0.29, 0.717) is 27.6 Å². The molecule has 1 aliphatic rings. The summed E-state index contributed by atoms with van der Waals surface area (Å²) >= 11 is 1.30. The normalized spacial score (nSPS) is 11.7. The largest absolute Gasteiger partial charge is 0.454 e. The Morgan fingerprint density at radius 1 is 1.33 bits per heavy atom. The molecule has 0 saturated heterocycles. The van der Waals surface area contributed by atoms with Gasteiger partial charge in [-0.2, -0.15) is 0 Å². The predicted molar refractivity (Wildman–Crippen MR) is 78.8 cm³/mol. The number of anilines is 1. The van der Waals surface area contributed by atoms with Gasteiger partial charge in [-0.15, -0.1) is 11.3 Å². The average Bonchev–Trinajstić information content (AvgIpc) is 3.13. The molecule has 2 heterocycles. The first-order valence-electron chi connectivity index (χ1n) is 6.16. The molecule has 2 N–H and O–H groups in total. The van der Waals surface area contributed by atoms with E-state index in [2.05, 4.69) is 17.2 Å². The maximum Gasteiger partial charge on any atom is 0.267 e. The van der Waals surface area contributed by atoms with Gasteiger partial charge in [0.25, 0.3) is 5.91 Å². The van der Waals surface area contributed by atoms with E-state index in [1.807, 2.05) is 0 Å². The van der Waals surface area contributed by atoms with E-state index < -0.39 is 0 Å². The van der Waals surface area contributed by atoms with Crippen LogP contribution >= 0.6 is 11.3 Å². The summed E-state index contributed by atoms with van der Waals surface area (Å²) in [5.41, 5.74) is 1.23. The van der Waals surface area contributed by atoms with Crippen LogP contribution in [0.5, 0.6) is 11.5 Å². The minimum atomic E-state index is -0.244. The Morgan fingerprint density at radius 2 is 2.19 bits per heavy atom. The van der Waals surface area contributed by atoms with E-state index in [1.165, 1.54) is 11.3 Å². The molecule has 0 radical (unpaired) electrons. The van der Waals surface area contributed by atoms with Gasteiger partial charge in [-0.25, -0.2) is 0 Å². The molecule has 106 valence electrons. The number of aliphatic hydroxyl groups is 1. The summed E-state index contributed by atoms with van der Waals surface area (Å²) in [6, 6.07) is 6.96. The van der Waals surface area contributed by atoms with Gasteiger partial charge < -0.3 is 19.9 Å². The number of ether oxygens (including phenoxy) is 2. The number of rotatable bonds is 2. The number of amides is 1. The molecule has 0 atom stereocenters. The second-order valence-electron chi connectivity index (χ2n) is 4.15. The highest BCUT2D eigenvalue weighted by molar-refractivity contribution is 7.12. The van der Waals surface area contributed by atoms with Gasteiger partial charge in [0.15, 0.2) is 11.5 Å². The van der Waals surface area contributed by atoms with Gasteiger partial charge in [-0.05, 0) is 23.6 Å². The van der Waals surface area contributed by atoms with E-state index in [9.17, 15) is 4.79 Å². The lowest BCUT2D eigenvalue weighted by Gasteiger charge is -2.05. The summed E-state index contributed by atoms with van der Waals surface area (Å²) in [7, 11) is 0. The Kier molecular flexibility index (Phi) is 3.77. The van der Waals surface area contributed by atoms with Crippen molar-refractivity contribution in [3.8, 4) is 23.3 Å². The minimum absolute atomic E-state index is 0.193. The zero-order chi connectivity index (χ0) is 14.7. The Labute approximate surface area is 125 Å². The fourth-order valence-electron chi connectivity index (χ4n) is 1.88. The Hall–Kier alpha value is -2.49. The zero-order valence-electron chi connectivity index (χ0n) is 10.9. The molecule has 0 unspecified atom stereocenters. The van der Waals surface area contributed by atoms with E-state index in [-0.39, 0.29) is 19.3 Å². The quantitative estimate of drug-likeness (QED) is 0.833. The number of aliphatic hydroxyl groups excluding tert-OH is 1. The lowest BCUT2D eigenvalue weighted by Crippen LogP contribution is -2.11. The topological polar surface area (TPSA) is 67.8 Å². The molecule has 0 spiro atoms. The van der Waals surface area contributed by atoms with Crippen molar-refractivity contribution in [1.82, 2.24) is 0 Å². The molecule has 0 bridgehead atoms. The van der Waals surface area contributed by atoms with Crippen molar-refractivity contribution in [2.45, 2.75) is 0 Å². The van der Waals surface area contributed by atoms with Gasteiger partial charge in [-0.1, -0.05) is 11.8 Å². The highest BCUT2D eigenvalue weighted by Gasteiger charge is 2.16. The van der Waals surface area contributed by atoms with Gasteiger partial charge in [0.2, 0.25) is 6.79 Å². The Balaban J connectivity index is 1.79. The summed E-state index contributed by atoms with van der Waals surface area (Å²) in [6.07, 6.45) is 0. The number of fused-ring (bicyclic) bond motifs is 1. The first-order valence-corrected chi connectivity index (χ1v) is 7.04. The van der Waals surface area contributed by atoms with Crippen LogP contribution in [-0.2, 0) is 0 Å². The fraction of sp³-hybridized carbons (Fsp3) is 0.133. The minimum Gasteiger partial charge on any atom is -0.454 e. The van der Waals surface area contributed by atoms with Crippen LogP contribution in [0.25, 0.3) is 0 Å². The van der Waals surface area contributed by atoms with Crippen LogP contribution in [0.2, 0.25) is 0 Å². The van der Waals surface area contributed by atoms with E-state index >= 15 is 0 Å². The second kappa shape index (κ2) is 5.87. The molecule has 5 nitrogen and oxygen atoms in total. The van der Waals surface area contributed by atoms with Crippen molar-refractivity contribution in [3.05, 3.63) is 40.1 Å². The monoisotopic (exact) mass is 301 g/mol. The van der Waals surface area contributed by atoms with Gasteiger partial charge in [0.05, 0.1) is 0 Å². The highest BCUT2D eigenvalue weighted by Crippen LogP contribution is 2.34. The third-order valence-corrected chi connectivity index (χ3v) is 3.72. The van der Waals surface area contributed by atoms with Crippen molar-refractivity contribution < 1.29 is 19.4 Å². The number of benzene rings is 1. The first kappa shape index (κ1) is 13.5. The zero-order valence-corrected chi connectivity index (χ0v) is 11.7. The Bertz CT molecular complexity index is 742. The van der Waals surface area contributed by atoms with Crippen LogP contribution in [0, 0.1) is 11.8 Å². The molecule has 6 heteroatoms. The van der Waals surface area contributed by atoms with Gasteiger partial charge in [0, 0.05) is 17.3 Å². The van der Waals surface area contributed by atoms with Crippen molar-refractivity contribution in [2.24, 2.45) is 0 Å². The molecule has 3 rings (SSSR count). The maximum atomic E-state index is 12.3. The summed E-state index contributed by atoms with van der Waals surface area (Å²) in [5.74, 6) is 6.33. The molecule has 1 aromatic carbocycles. The number of carbonyl (C=O) groups is 1. The highest BCUT2D eigenvalue weighted by atomic mass is 32.1. The van der Waals surface area contributed by atoms with E-state index in [0.717, 1.165) is 0 Å². The molecule has 1 aromatic heterocycles. The van der Waals surface area contributed by atoms with Crippen LogP contribution in [-0.4, -0.2) is 24.4 Å². The van der Waals surface area contributed by atoms with Gasteiger partial charge in [-0.3, -0.25) is 4.79 Å². The van der Waals surface area contributed by atoms with Gasteiger partial charge in [0.1, 0.15) is 11.5 Å². The molecular formula is C15H11NO4S. The molecule has 1 aliphatic heterocycles. The molecule has 1 amide bonds. The van der Waals surface area contributed by atoms with Crippen LogP contribution in [0.4, 0.5) is 5.69 Å². The Morgan fingerprint density at radius 3 is 3.05 bits per heavy atom. The standard InChI is InChI=1S/C15H11NO4S/c17-6-1-2-10-5-7-21-14(10)15(18)16-11-3-4-12-13(8-11)20-9-19-12/h3-5,7-8,17H,6,9H2,(H,16,18). The average molecular weight is 301 g/mol. The number of thiophene rings is 1. The van der Waals surface area contributed by atoms with Crippen LogP contribution in [0.15, 0.2) is 29.6 Å². The summed E-state index contributed by atoms with van der Waals surface area (Å²) in [5, 5.41) is 13.3. The molecule has 21 heavy (non-hydrogen) atoms. The molecule has 0 saturated carbocycles. The van der Waals surface area contributed by atoms with Crippen LogP contribution in [0.1, 0.15) is 15.2 Å². The predicted octanol–water partition coefficient (Wildman–Crippen LogP) is 2.07. The lowest BCUT2D eigenvalue weighted by molar-refractivity contribution is 0.103. The van der Waals surface area contributed by atoms with Crippen molar-refractivity contribution >= 4 is 22.9 Å². The van der Waals surface area contributed by atoms with Crippen molar-refractivity contribution in [1.29, 1.82) is 0 Å².